The normalized spacial score (nSPS) is 34.2. The summed E-state index contributed by atoms with van der Waals surface area (Å²) in [5, 5.41) is 0. The highest BCUT2D eigenvalue weighted by Gasteiger charge is 2.22. The van der Waals surface area contributed by atoms with Crippen molar-refractivity contribution in [1.82, 2.24) is 4.72 Å². The molecule has 60 valence electrons. The molecule has 1 aliphatic carbocycles. The minimum absolute atomic E-state index is 0.381. The minimum Gasteiger partial charge on any atom is -0.380 e. The molecule has 0 aromatic heterocycles. The topological polar surface area (TPSA) is 21.3 Å². The lowest BCUT2D eigenvalue weighted by Gasteiger charge is -2.29. The van der Waals surface area contributed by atoms with Crippen LogP contribution >= 0.6 is 12.8 Å². The lowest BCUT2D eigenvalue weighted by atomic mass is 9.93. The number of ether oxygens (including phenoxy) is 1. The molecule has 1 aliphatic rings. The Bertz CT molecular complexity index is 87.6. The number of nitrogens with one attached hydrogen (secondary N) is 1. The van der Waals surface area contributed by atoms with Crippen LogP contribution in [0.4, 0.5) is 0 Å². The summed E-state index contributed by atoms with van der Waals surface area (Å²) in [4.78, 5) is 0. The fraction of sp³-hybridized carbons (Fsp3) is 1.00. The van der Waals surface area contributed by atoms with Gasteiger partial charge in [-0.2, -0.15) is 0 Å². The lowest BCUT2D eigenvalue weighted by Crippen LogP contribution is -2.38. The summed E-state index contributed by atoms with van der Waals surface area (Å²) in [6, 6.07) is 0.460. The van der Waals surface area contributed by atoms with Gasteiger partial charge in [-0.05, 0) is 12.8 Å². The SMILES string of the molecule is COC1CCCCC1NS. The summed E-state index contributed by atoms with van der Waals surface area (Å²) in [7, 11) is 1.77. The van der Waals surface area contributed by atoms with Gasteiger partial charge < -0.3 is 4.74 Å². The maximum atomic E-state index is 5.28. The minimum atomic E-state index is 0.381. The third kappa shape index (κ3) is 1.87. The Kier molecular flexibility index (Phi) is 3.52. The zero-order valence-electron chi connectivity index (χ0n) is 6.34. The van der Waals surface area contributed by atoms with Crippen LogP contribution in [0, 0.1) is 0 Å². The molecule has 0 amide bonds. The monoisotopic (exact) mass is 161 g/mol. The molecule has 0 radical (unpaired) electrons. The van der Waals surface area contributed by atoms with Crippen molar-refractivity contribution in [2.45, 2.75) is 37.8 Å². The number of thiol groups is 1. The Morgan fingerprint density at radius 1 is 1.40 bits per heavy atom. The smallest absolute Gasteiger partial charge is 0.0733 e. The molecule has 1 N–H and O–H groups in total. The van der Waals surface area contributed by atoms with Crippen molar-refractivity contribution in [3.8, 4) is 0 Å². The molecule has 3 heteroatoms. The molecule has 1 rings (SSSR count). The van der Waals surface area contributed by atoms with Crippen LogP contribution in [-0.2, 0) is 4.74 Å². The van der Waals surface area contributed by atoms with Crippen LogP contribution in [0.2, 0.25) is 0 Å². The zero-order valence-corrected chi connectivity index (χ0v) is 7.23. The zero-order chi connectivity index (χ0) is 7.40. The van der Waals surface area contributed by atoms with Crippen molar-refractivity contribution < 1.29 is 4.74 Å². The summed E-state index contributed by atoms with van der Waals surface area (Å²) >= 11 is 4.05. The van der Waals surface area contributed by atoms with Gasteiger partial charge in [-0.25, -0.2) is 0 Å². The Labute approximate surface area is 67.9 Å². The molecule has 0 saturated heterocycles. The maximum absolute atomic E-state index is 5.28. The third-order valence-corrected chi connectivity index (χ3v) is 2.50. The number of hydrogen-bond donors (Lipinski definition) is 2. The van der Waals surface area contributed by atoms with Gasteiger partial charge in [-0.15, -0.1) is 0 Å². The molecule has 0 aromatic carbocycles. The first-order valence-corrected chi connectivity index (χ1v) is 4.25. The Morgan fingerprint density at radius 2 is 2.10 bits per heavy atom. The van der Waals surface area contributed by atoms with Crippen LogP contribution in [0.25, 0.3) is 0 Å². The van der Waals surface area contributed by atoms with Crippen LogP contribution in [0.5, 0.6) is 0 Å². The molecule has 0 heterocycles. The molecule has 1 fully saturated rings. The molecule has 0 aromatic rings. The second kappa shape index (κ2) is 4.21. The van der Waals surface area contributed by atoms with Gasteiger partial charge in [0, 0.05) is 13.2 Å². The summed E-state index contributed by atoms with van der Waals surface area (Å²) in [5.41, 5.74) is 0. The maximum Gasteiger partial charge on any atom is 0.0733 e. The quantitative estimate of drug-likeness (QED) is 0.597. The highest BCUT2D eigenvalue weighted by molar-refractivity contribution is 7.78. The van der Waals surface area contributed by atoms with Gasteiger partial charge >= 0.3 is 0 Å². The third-order valence-electron chi connectivity index (χ3n) is 2.17. The van der Waals surface area contributed by atoms with Crippen molar-refractivity contribution in [2.75, 3.05) is 7.11 Å². The predicted molar refractivity (Wildman–Crippen MR) is 45.2 cm³/mol. The highest BCUT2D eigenvalue weighted by Crippen LogP contribution is 2.20. The first-order valence-electron chi connectivity index (χ1n) is 3.81. The molecular formula is C7H15NOS. The molecule has 1 saturated carbocycles. The van der Waals surface area contributed by atoms with Gasteiger partial charge in [0.05, 0.1) is 6.10 Å². The van der Waals surface area contributed by atoms with Crippen molar-refractivity contribution in [3.05, 3.63) is 0 Å². The standard InChI is InChI=1S/C7H15NOS/c1-9-7-5-3-2-4-6(7)8-10/h6-8,10H,2-5H2,1H3. The van der Waals surface area contributed by atoms with Gasteiger partial charge in [0.25, 0.3) is 0 Å². The van der Waals surface area contributed by atoms with Crippen LogP contribution in [0.15, 0.2) is 0 Å². The molecule has 10 heavy (non-hydrogen) atoms. The van der Waals surface area contributed by atoms with Crippen molar-refractivity contribution in [3.63, 3.8) is 0 Å². The first kappa shape index (κ1) is 8.37. The molecule has 0 bridgehead atoms. The number of hydrogen-bond acceptors (Lipinski definition) is 3. The Hall–Kier alpha value is 0.270. The van der Waals surface area contributed by atoms with Gasteiger partial charge in [-0.1, -0.05) is 25.7 Å². The van der Waals surface area contributed by atoms with E-state index < -0.39 is 0 Å². The van der Waals surface area contributed by atoms with E-state index in [0.717, 1.165) is 0 Å². The fourth-order valence-corrected chi connectivity index (χ4v) is 1.82. The molecule has 2 unspecified atom stereocenters. The van der Waals surface area contributed by atoms with Gasteiger partial charge in [0.1, 0.15) is 0 Å². The van der Waals surface area contributed by atoms with Gasteiger partial charge in [0.2, 0.25) is 0 Å². The largest absolute Gasteiger partial charge is 0.380 e. The number of methoxy groups -OCH3 is 1. The summed E-state index contributed by atoms with van der Waals surface area (Å²) in [5.74, 6) is 0. The first-order chi connectivity index (χ1) is 4.88. The van der Waals surface area contributed by atoms with E-state index in [1.807, 2.05) is 0 Å². The summed E-state index contributed by atoms with van der Waals surface area (Å²) < 4.78 is 8.26. The second-order valence-corrected chi connectivity index (χ2v) is 3.05. The van der Waals surface area contributed by atoms with E-state index >= 15 is 0 Å². The summed E-state index contributed by atoms with van der Waals surface area (Å²) in [6.45, 7) is 0. The average Bonchev–Trinajstić information content (AvgIpc) is 2.04. The van der Waals surface area contributed by atoms with E-state index in [-0.39, 0.29) is 0 Å². The Balaban J connectivity index is 2.34. The van der Waals surface area contributed by atoms with E-state index in [9.17, 15) is 0 Å². The Morgan fingerprint density at radius 3 is 2.60 bits per heavy atom. The second-order valence-electron chi connectivity index (χ2n) is 2.79. The van der Waals surface area contributed by atoms with Gasteiger partial charge in [-0.3, -0.25) is 4.72 Å². The molecular weight excluding hydrogens is 146 g/mol. The van der Waals surface area contributed by atoms with Crippen LogP contribution < -0.4 is 4.72 Å². The van der Waals surface area contributed by atoms with Crippen molar-refractivity contribution >= 4 is 12.8 Å². The predicted octanol–water partition coefficient (Wildman–Crippen LogP) is 1.38. The van der Waals surface area contributed by atoms with E-state index in [1.54, 1.807) is 7.11 Å². The van der Waals surface area contributed by atoms with Crippen LogP contribution in [0.3, 0.4) is 0 Å². The molecule has 0 spiro atoms. The highest BCUT2D eigenvalue weighted by atomic mass is 32.1. The van der Waals surface area contributed by atoms with Crippen molar-refractivity contribution in [1.29, 1.82) is 0 Å². The van der Waals surface area contributed by atoms with E-state index in [4.69, 9.17) is 4.74 Å². The van der Waals surface area contributed by atoms with Crippen LogP contribution in [-0.4, -0.2) is 19.3 Å². The van der Waals surface area contributed by atoms with E-state index in [1.165, 1.54) is 25.7 Å². The van der Waals surface area contributed by atoms with Crippen molar-refractivity contribution in [2.24, 2.45) is 0 Å². The van der Waals surface area contributed by atoms with Crippen LogP contribution in [0.1, 0.15) is 25.7 Å². The molecule has 2 atom stereocenters. The molecule has 0 aliphatic heterocycles. The van der Waals surface area contributed by atoms with E-state index in [2.05, 4.69) is 17.5 Å². The van der Waals surface area contributed by atoms with Gasteiger partial charge in [0.15, 0.2) is 0 Å². The summed E-state index contributed by atoms with van der Waals surface area (Å²) in [6.07, 6.45) is 5.35. The van der Waals surface area contributed by atoms with E-state index in [0.29, 0.717) is 12.1 Å². The average molecular weight is 161 g/mol. The molecule has 2 nitrogen and oxygen atoms in total. The number of rotatable bonds is 2. The lowest BCUT2D eigenvalue weighted by molar-refractivity contribution is 0.0504. The fourth-order valence-electron chi connectivity index (χ4n) is 1.53.